The van der Waals surface area contributed by atoms with Crippen molar-refractivity contribution in [3.8, 4) is 0 Å². The second kappa shape index (κ2) is 8.96. The molecular weight excluding hydrogens is 352 g/mol. The van der Waals surface area contributed by atoms with E-state index in [0.717, 1.165) is 82.1 Å². The summed E-state index contributed by atoms with van der Waals surface area (Å²) in [6, 6.07) is 0. The molecule has 1 N–H and O–H groups in total. The van der Waals surface area contributed by atoms with E-state index in [1.807, 2.05) is 7.05 Å². The van der Waals surface area contributed by atoms with E-state index in [9.17, 15) is 0 Å². The fourth-order valence-electron chi connectivity index (χ4n) is 3.40. The molecule has 26 heavy (non-hydrogen) atoms. The minimum Gasteiger partial charge on any atom is -0.381 e. The van der Waals surface area contributed by atoms with Crippen molar-refractivity contribution in [2.75, 3.05) is 65.0 Å². The number of rotatable bonds is 5. The number of aliphatic imine (C=N–C) groups is 1. The Morgan fingerprint density at radius 2 is 2.04 bits per heavy atom. The predicted molar refractivity (Wildman–Crippen MR) is 104 cm³/mol. The van der Waals surface area contributed by atoms with Gasteiger partial charge < -0.3 is 24.6 Å². The summed E-state index contributed by atoms with van der Waals surface area (Å²) < 4.78 is 15.7. The number of aryl methyl sites for hydroxylation is 1. The number of aromatic nitrogens is 2. The first-order valence-corrected chi connectivity index (χ1v) is 10.1. The number of guanidine groups is 1. The van der Waals surface area contributed by atoms with Gasteiger partial charge in [0.05, 0.1) is 5.60 Å². The summed E-state index contributed by atoms with van der Waals surface area (Å²) in [7, 11) is 3.64. The average molecular weight is 383 g/mol. The quantitative estimate of drug-likeness (QED) is 0.601. The Balaban J connectivity index is 1.52. The lowest BCUT2D eigenvalue weighted by Crippen LogP contribution is -2.56. The fourth-order valence-corrected chi connectivity index (χ4v) is 4.20. The van der Waals surface area contributed by atoms with E-state index < -0.39 is 0 Å². The van der Waals surface area contributed by atoms with E-state index in [4.69, 9.17) is 9.47 Å². The minimum absolute atomic E-state index is 0.154. The van der Waals surface area contributed by atoms with Gasteiger partial charge in [0.15, 0.2) is 5.96 Å². The number of hydrogen-bond acceptors (Lipinski definition) is 7. The first kappa shape index (κ1) is 19.3. The zero-order valence-electron chi connectivity index (χ0n) is 16.0. The van der Waals surface area contributed by atoms with Crippen molar-refractivity contribution in [1.82, 2.24) is 19.6 Å². The molecule has 146 valence electrons. The van der Waals surface area contributed by atoms with E-state index in [-0.39, 0.29) is 5.60 Å². The van der Waals surface area contributed by atoms with Crippen LogP contribution in [0.25, 0.3) is 0 Å². The second-order valence-electron chi connectivity index (χ2n) is 6.72. The van der Waals surface area contributed by atoms with Crippen LogP contribution in [0.1, 0.15) is 25.6 Å². The molecule has 0 spiro atoms. The number of methoxy groups -OCH3 is 1. The van der Waals surface area contributed by atoms with Crippen molar-refractivity contribution in [3.63, 3.8) is 0 Å². The van der Waals surface area contributed by atoms with E-state index in [1.54, 1.807) is 7.11 Å². The van der Waals surface area contributed by atoms with Crippen LogP contribution >= 0.6 is 11.5 Å². The Morgan fingerprint density at radius 1 is 1.31 bits per heavy atom. The maximum atomic E-state index is 5.81. The summed E-state index contributed by atoms with van der Waals surface area (Å²) in [5.74, 6) is 1.88. The van der Waals surface area contributed by atoms with Crippen molar-refractivity contribution >= 4 is 22.6 Å². The largest absolute Gasteiger partial charge is 0.381 e. The van der Waals surface area contributed by atoms with E-state index in [2.05, 4.69) is 36.4 Å². The summed E-state index contributed by atoms with van der Waals surface area (Å²) in [4.78, 5) is 13.7. The van der Waals surface area contributed by atoms with Crippen LogP contribution in [0, 0.1) is 0 Å². The van der Waals surface area contributed by atoms with Gasteiger partial charge in [0.2, 0.25) is 5.13 Å². The molecule has 0 aliphatic carbocycles. The highest BCUT2D eigenvalue weighted by Crippen LogP contribution is 2.24. The van der Waals surface area contributed by atoms with Gasteiger partial charge in [-0.25, -0.2) is 4.98 Å². The predicted octanol–water partition coefficient (Wildman–Crippen LogP) is 0.994. The number of anilines is 1. The van der Waals surface area contributed by atoms with Gasteiger partial charge in [-0.3, -0.25) is 4.99 Å². The monoisotopic (exact) mass is 382 g/mol. The van der Waals surface area contributed by atoms with Crippen molar-refractivity contribution < 1.29 is 9.47 Å². The van der Waals surface area contributed by atoms with Crippen LogP contribution in [-0.2, 0) is 15.9 Å². The van der Waals surface area contributed by atoms with E-state index in [0.29, 0.717) is 0 Å². The molecule has 1 aromatic rings. The molecule has 1 aromatic heterocycles. The molecule has 0 amide bonds. The lowest BCUT2D eigenvalue weighted by molar-refractivity contribution is -0.0857. The summed E-state index contributed by atoms with van der Waals surface area (Å²) in [6.07, 6.45) is 2.72. The first-order chi connectivity index (χ1) is 12.7. The number of ether oxygens (including phenoxy) is 2. The molecule has 2 aliphatic rings. The molecule has 8 nitrogen and oxygen atoms in total. The van der Waals surface area contributed by atoms with Gasteiger partial charge in [0.1, 0.15) is 5.82 Å². The molecule has 0 radical (unpaired) electrons. The Kier molecular flexibility index (Phi) is 6.66. The van der Waals surface area contributed by atoms with Crippen LogP contribution in [0.2, 0.25) is 0 Å². The van der Waals surface area contributed by atoms with Crippen LogP contribution in [0.15, 0.2) is 4.99 Å². The van der Waals surface area contributed by atoms with Crippen LogP contribution in [-0.4, -0.2) is 85.9 Å². The van der Waals surface area contributed by atoms with Gasteiger partial charge in [0.25, 0.3) is 0 Å². The van der Waals surface area contributed by atoms with Crippen LogP contribution < -0.4 is 10.2 Å². The van der Waals surface area contributed by atoms with Gasteiger partial charge in [-0.15, -0.1) is 0 Å². The lowest BCUT2D eigenvalue weighted by atomic mass is 9.94. The summed E-state index contributed by atoms with van der Waals surface area (Å²) in [5.41, 5.74) is -0.154. The first-order valence-electron chi connectivity index (χ1n) is 9.36. The van der Waals surface area contributed by atoms with Crippen molar-refractivity contribution in [2.24, 2.45) is 4.99 Å². The smallest absolute Gasteiger partial charge is 0.205 e. The maximum absolute atomic E-state index is 5.81. The third-order valence-electron chi connectivity index (χ3n) is 5.24. The second-order valence-corrected chi connectivity index (χ2v) is 7.45. The summed E-state index contributed by atoms with van der Waals surface area (Å²) in [6.45, 7) is 8.07. The molecule has 2 saturated heterocycles. The highest BCUT2D eigenvalue weighted by atomic mass is 32.1. The molecule has 2 aliphatic heterocycles. The van der Waals surface area contributed by atoms with Gasteiger partial charge in [0, 0.05) is 90.9 Å². The van der Waals surface area contributed by atoms with E-state index in [1.165, 1.54) is 11.5 Å². The average Bonchev–Trinajstić information content (AvgIpc) is 3.19. The van der Waals surface area contributed by atoms with Crippen LogP contribution in [0.5, 0.6) is 0 Å². The van der Waals surface area contributed by atoms with Crippen molar-refractivity contribution in [1.29, 1.82) is 0 Å². The Bertz CT molecular complexity index is 594. The molecule has 0 saturated carbocycles. The van der Waals surface area contributed by atoms with Crippen molar-refractivity contribution in [2.45, 2.75) is 31.8 Å². The minimum atomic E-state index is -0.154. The molecule has 3 rings (SSSR count). The Labute approximate surface area is 159 Å². The topological polar surface area (TPSA) is 75.1 Å². The molecule has 9 heteroatoms. The number of nitrogens with one attached hydrogen (secondary N) is 1. The van der Waals surface area contributed by atoms with Crippen LogP contribution in [0.4, 0.5) is 5.13 Å². The fraction of sp³-hybridized carbons (Fsp3) is 0.824. The molecule has 0 aromatic carbocycles. The van der Waals surface area contributed by atoms with Gasteiger partial charge in [-0.05, 0) is 0 Å². The number of piperazine rings is 1. The SMILES string of the molecule is CCc1nsc(N2CCN(C(=NC)NCC3(OC)CCOCC3)CC2)n1. The zero-order chi connectivity index (χ0) is 18.4. The summed E-state index contributed by atoms with van der Waals surface area (Å²) >= 11 is 1.50. The Hall–Kier alpha value is -1.45. The zero-order valence-corrected chi connectivity index (χ0v) is 16.8. The van der Waals surface area contributed by atoms with Gasteiger partial charge in [-0.1, -0.05) is 6.92 Å². The number of hydrogen-bond donors (Lipinski definition) is 1. The molecule has 0 unspecified atom stereocenters. The third-order valence-corrected chi connectivity index (χ3v) is 6.06. The third kappa shape index (κ3) is 4.44. The molecule has 2 fully saturated rings. The number of nitrogens with zero attached hydrogens (tertiary/aromatic N) is 5. The maximum Gasteiger partial charge on any atom is 0.205 e. The highest BCUT2D eigenvalue weighted by molar-refractivity contribution is 7.09. The highest BCUT2D eigenvalue weighted by Gasteiger charge is 2.33. The van der Waals surface area contributed by atoms with Gasteiger partial charge in [-0.2, -0.15) is 4.37 Å². The molecular formula is C17H30N6O2S. The standard InChI is InChI=1S/C17H30N6O2S/c1-4-14-20-16(26-21-14)23-9-7-22(8-10-23)15(18-2)19-13-17(24-3)5-11-25-12-6-17/h4-13H2,1-3H3,(H,18,19). The summed E-state index contributed by atoms with van der Waals surface area (Å²) in [5, 5.41) is 4.55. The lowest BCUT2D eigenvalue weighted by Gasteiger charge is -2.39. The van der Waals surface area contributed by atoms with E-state index >= 15 is 0 Å². The van der Waals surface area contributed by atoms with Crippen LogP contribution in [0.3, 0.4) is 0 Å². The van der Waals surface area contributed by atoms with Gasteiger partial charge >= 0.3 is 0 Å². The molecule has 0 bridgehead atoms. The Morgan fingerprint density at radius 3 is 2.62 bits per heavy atom. The molecule has 0 atom stereocenters. The van der Waals surface area contributed by atoms with Crippen molar-refractivity contribution in [3.05, 3.63) is 5.82 Å². The molecule has 3 heterocycles. The normalized spacial score (nSPS) is 21.1.